The largest absolute Gasteiger partial charge is 0.487 e. The van der Waals surface area contributed by atoms with E-state index in [0.717, 1.165) is 16.1 Å². The Morgan fingerprint density at radius 2 is 1.68 bits per heavy atom. The van der Waals surface area contributed by atoms with E-state index in [1.54, 1.807) is 0 Å². The second-order valence-corrected chi connectivity index (χ2v) is 6.42. The van der Waals surface area contributed by atoms with E-state index in [9.17, 15) is 0 Å². The van der Waals surface area contributed by atoms with Crippen molar-refractivity contribution in [2.24, 2.45) is 0 Å². The predicted molar refractivity (Wildman–Crippen MR) is 81.3 cm³/mol. The third-order valence-electron chi connectivity index (χ3n) is 3.94. The van der Waals surface area contributed by atoms with Crippen LogP contribution < -0.4 is 0 Å². The molecule has 0 spiro atoms. The fourth-order valence-electron chi connectivity index (χ4n) is 1.98. The maximum Gasteiger partial charge on any atom is 0.487 e. The predicted octanol–water partition coefficient (Wildman–Crippen LogP) is 4.29. The second-order valence-electron chi connectivity index (χ2n) is 5.98. The van der Waals surface area contributed by atoms with E-state index < -0.39 is 0 Å². The summed E-state index contributed by atoms with van der Waals surface area (Å²) in [7, 11) is -0.305. The molecule has 1 heterocycles. The molecule has 19 heavy (non-hydrogen) atoms. The molecule has 2 rings (SSSR count). The number of aryl methyl sites for hydroxylation is 1. The van der Waals surface area contributed by atoms with E-state index in [2.05, 4.69) is 0 Å². The third kappa shape index (κ3) is 3.05. The van der Waals surface area contributed by atoms with Crippen LogP contribution in [0.4, 0.5) is 0 Å². The van der Waals surface area contributed by atoms with Crippen LogP contribution >= 0.6 is 11.6 Å². The number of benzene rings is 1. The van der Waals surface area contributed by atoms with Crippen molar-refractivity contribution in [1.29, 1.82) is 0 Å². The van der Waals surface area contributed by atoms with Gasteiger partial charge in [-0.3, -0.25) is 0 Å². The summed E-state index contributed by atoms with van der Waals surface area (Å²) >= 11 is 5.95. The fraction of sp³-hybridized carbons (Fsp3) is 0.467. The zero-order valence-corrected chi connectivity index (χ0v) is 12.9. The van der Waals surface area contributed by atoms with E-state index in [4.69, 9.17) is 20.9 Å². The van der Waals surface area contributed by atoms with E-state index in [-0.39, 0.29) is 18.3 Å². The molecule has 0 aromatic heterocycles. The summed E-state index contributed by atoms with van der Waals surface area (Å²) in [5.41, 5.74) is 1.67. The first-order chi connectivity index (χ1) is 8.71. The van der Waals surface area contributed by atoms with Gasteiger partial charge in [-0.25, -0.2) is 0 Å². The molecule has 0 atom stereocenters. The van der Waals surface area contributed by atoms with Crippen LogP contribution in [-0.2, 0) is 9.31 Å². The molecule has 0 amide bonds. The van der Waals surface area contributed by atoms with Gasteiger partial charge in [0.2, 0.25) is 0 Å². The summed E-state index contributed by atoms with van der Waals surface area (Å²) in [5.74, 6) is 1.95. The Bertz CT molecular complexity index is 493. The summed E-state index contributed by atoms with van der Waals surface area (Å²) in [5, 5.41) is 0.755. The van der Waals surface area contributed by atoms with Crippen molar-refractivity contribution in [2.45, 2.75) is 45.8 Å². The van der Waals surface area contributed by atoms with Crippen molar-refractivity contribution >= 4 is 24.8 Å². The van der Waals surface area contributed by atoms with Gasteiger partial charge in [0.25, 0.3) is 0 Å². The van der Waals surface area contributed by atoms with Gasteiger partial charge in [-0.05, 0) is 57.9 Å². The van der Waals surface area contributed by atoms with Crippen LogP contribution in [0.25, 0.3) is 6.08 Å². The summed E-state index contributed by atoms with van der Waals surface area (Å²) in [6, 6.07) is 5.84. The minimum atomic E-state index is -0.305. The molecule has 1 aromatic rings. The lowest BCUT2D eigenvalue weighted by atomic mass is 9.88. The van der Waals surface area contributed by atoms with Crippen molar-refractivity contribution < 1.29 is 9.31 Å². The van der Waals surface area contributed by atoms with Gasteiger partial charge >= 0.3 is 7.12 Å². The van der Waals surface area contributed by atoms with Gasteiger partial charge in [0.1, 0.15) is 0 Å². The Kier molecular flexibility index (Phi) is 3.83. The molecule has 0 radical (unpaired) electrons. The van der Waals surface area contributed by atoms with Gasteiger partial charge in [-0.2, -0.15) is 0 Å². The third-order valence-corrected chi connectivity index (χ3v) is 4.17. The molecule has 1 aliphatic heterocycles. The molecule has 0 saturated carbocycles. The molecule has 1 fully saturated rings. The maximum absolute atomic E-state index is 5.95. The first-order valence-electron chi connectivity index (χ1n) is 6.51. The molecule has 102 valence electrons. The van der Waals surface area contributed by atoms with Crippen molar-refractivity contribution in [1.82, 2.24) is 0 Å². The Hall–Kier alpha value is -0.765. The van der Waals surface area contributed by atoms with E-state index in [0.29, 0.717) is 0 Å². The van der Waals surface area contributed by atoms with Crippen LogP contribution in [-0.4, -0.2) is 18.3 Å². The number of hydrogen-bond donors (Lipinski definition) is 0. The number of halogens is 1. The normalized spacial score (nSPS) is 21.3. The molecular weight excluding hydrogens is 258 g/mol. The highest BCUT2D eigenvalue weighted by molar-refractivity contribution is 6.52. The van der Waals surface area contributed by atoms with Crippen LogP contribution in [0.1, 0.15) is 38.8 Å². The maximum atomic E-state index is 5.95. The molecule has 0 bridgehead atoms. The summed E-state index contributed by atoms with van der Waals surface area (Å²) in [6.07, 6.45) is 2.02. The van der Waals surface area contributed by atoms with Crippen LogP contribution in [0.5, 0.6) is 0 Å². The average molecular weight is 279 g/mol. The first-order valence-corrected chi connectivity index (χ1v) is 6.89. The van der Waals surface area contributed by atoms with Crippen molar-refractivity contribution in [2.75, 3.05) is 0 Å². The first kappa shape index (κ1) is 14.6. The highest BCUT2D eigenvalue weighted by Gasteiger charge is 2.49. The smallest absolute Gasteiger partial charge is 0.400 e. The SMILES string of the molecule is Cc1cc(Cl)ccc1/C=C/B1OC(C)(C)C(C)(C)O1. The topological polar surface area (TPSA) is 18.5 Å². The Labute approximate surface area is 120 Å². The minimum absolute atomic E-state index is 0.295. The summed E-state index contributed by atoms with van der Waals surface area (Å²) in [4.78, 5) is 0. The second kappa shape index (κ2) is 4.97. The zero-order valence-electron chi connectivity index (χ0n) is 12.2. The summed E-state index contributed by atoms with van der Waals surface area (Å²) in [6.45, 7) is 10.2. The molecule has 2 nitrogen and oxygen atoms in total. The molecule has 0 aliphatic carbocycles. The monoisotopic (exact) mass is 278 g/mol. The standard InChI is InChI=1S/C15H20BClO2/c1-11-10-13(17)7-6-12(11)8-9-16-18-14(2,3)15(4,5)19-16/h6-10H,1-5H3/b9-8+. The number of hydrogen-bond acceptors (Lipinski definition) is 2. The molecular formula is C15H20BClO2. The molecule has 1 saturated heterocycles. The quantitative estimate of drug-likeness (QED) is 0.751. The van der Waals surface area contributed by atoms with Crippen molar-refractivity contribution in [3.05, 3.63) is 40.3 Å². The van der Waals surface area contributed by atoms with E-state index >= 15 is 0 Å². The van der Waals surface area contributed by atoms with Crippen LogP contribution in [0.2, 0.25) is 5.02 Å². The zero-order chi connectivity index (χ0) is 14.3. The Morgan fingerprint density at radius 3 is 2.21 bits per heavy atom. The van der Waals surface area contributed by atoms with Gasteiger partial charge in [0.15, 0.2) is 0 Å². The van der Waals surface area contributed by atoms with Gasteiger partial charge < -0.3 is 9.31 Å². The fourth-order valence-corrected chi connectivity index (χ4v) is 2.20. The molecule has 4 heteroatoms. The van der Waals surface area contributed by atoms with Gasteiger partial charge in [0.05, 0.1) is 11.2 Å². The van der Waals surface area contributed by atoms with Gasteiger partial charge in [-0.1, -0.05) is 29.7 Å². The lowest BCUT2D eigenvalue weighted by Gasteiger charge is -2.32. The minimum Gasteiger partial charge on any atom is -0.400 e. The lowest BCUT2D eigenvalue weighted by Crippen LogP contribution is -2.41. The van der Waals surface area contributed by atoms with Crippen LogP contribution in [0, 0.1) is 6.92 Å². The van der Waals surface area contributed by atoms with Gasteiger partial charge in [0, 0.05) is 5.02 Å². The van der Waals surface area contributed by atoms with E-state index in [1.165, 1.54) is 0 Å². The van der Waals surface area contributed by atoms with Crippen LogP contribution in [0.15, 0.2) is 24.2 Å². The Balaban J connectivity index is 2.13. The molecule has 1 aliphatic rings. The van der Waals surface area contributed by atoms with E-state index in [1.807, 2.05) is 64.9 Å². The van der Waals surface area contributed by atoms with Crippen molar-refractivity contribution in [3.8, 4) is 0 Å². The lowest BCUT2D eigenvalue weighted by molar-refractivity contribution is 0.00578. The van der Waals surface area contributed by atoms with Crippen LogP contribution in [0.3, 0.4) is 0 Å². The highest BCUT2D eigenvalue weighted by atomic mass is 35.5. The number of rotatable bonds is 2. The average Bonchev–Trinajstić information content (AvgIpc) is 2.46. The molecule has 0 unspecified atom stereocenters. The molecule has 0 N–H and O–H groups in total. The Morgan fingerprint density at radius 1 is 1.11 bits per heavy atom. The van der Waals surface area contributed by atoms with Gasteiger partial charge in [-0.15, -0.1) is 0 Å². The van der Waals surface area contributed by atoms with Crippen molar-refractivity contribution in [3.63, 3.8) is 0 Å². The summed E-state index contributed by atoms with van der Waals surface area (Å²) < 4.78 is 11.8. The highest BCUT2D eigenvalue weighted by Crippen LogP contribution is 2.37. The molecule has 1 aromatic carbocycles.